The van der Waals surface area contributed by atoms with Crippen LogP contribution < -0.4 is 14.2 Å². The summed E-state index contributed by atoms with van der Waals surface area (Å²) in [6, 6.07) is 1.73. The fraction of sp³-hybridized carbons (Fsp3) is 0.385. The summed E-state index contributed by atoms with van der Waals surface area (Å²) in [4.78, 5) is 7.91. The number of hydrogen-bond acceptors (Lipinski definition) is 6. The van der Waals surface area contributed by atoms with Crippen molar-refractivity contribution in [3.63, 3.8) is 0 Å². The Labute approximate surface area is 110 Å². The molecule has 0 saturated heterocycles. The number of fused-ring (bicyclic) bond motifs is 3. The first-order valence-electron chi connectivity index (χ1n) is 6.09. The second kappa shape index (κ2) is 4.46. The largest absolute Gasteiger partial charge is 0.493 e. The SMILES string of the molecule is CC(C)Oc1cc2ncnc(O)c2c2c1OCCO2. The lowest BCUT2D eigenvalue weighted by molar-refractivity contribution is 0.157. The molecule has 1 aromatic carbocycles. The number of nitrogens with zero attached hydrogens (tertiary/aromatic N) is 2. The lowest BCUT2D eigenvalue weighted by atomic mass is 10.1. The molecule has 100 valence electrons. The van der Waals surface area contributed by atoms with Gasteiger partial charge in [-0.3, -0.25) is 0 Å². The van der Waals surface area contributed by atoms with Crippen LogP contribution in [0.2, 0.25) is 0 Å². The summed E-state index contributed by atoms with van der Waals surface area (Å²) >= 11 is 0. The maximum absolute atomic E-state index is 9.87. The molecule has 0 aliphatic carbocycles. The molecule has 0 radical (unpaired) electrons. The first-order chi connectivity index (χ1) is 9.16. The Kier molecular flexibility index (Phi) is 2.77. The van der Waals surface area contributed by atoms with Gasteiger partial charge in [-0.1, -0.05) is 0 Å². The highest BCUT2D eigenvalue weighted by Gasteiger charge is 2.24. The summed E-state index contributed by atoms with van der Waals surface area (Å²) in [6.45, 7) is 4.72. The third-order valence-electron chi connectivity index (χ3n) is 2.72. The van der Waals surface area contributed by atoms with Crippen molar-refractivity contribution >= 4 is 10.9 Å². The van der Waals surface area contributed by atoms with Crippen molar-refractivity contribution in [2.75, 3.05) is 13.2 Å². The fourth-order valence-electron chi connectivity index (χ4n) is 2.04. The summed E-state index contributed by atoms with van der Waals surface area (Å²) in [7, 11) is 0. The molecule has 3 rings (SSSR count). The van der Waals surface area contributed by atoms with Crippen LogP contribution in [0.4, 0.5) is 0 Å². The normalized spacial score (nSPS) is 13.8. The summed E-state index contributed by atoms with van der Waals surface area (Å²) < 4.78 is 16.9. The van der Waals surface area contributed by atoms with Crippen molar-refractivity contribution in [3.05, 3.63) is 12.4 Å². The highest BCUT2D eigenvalue weighted by atomic mass is 16.6. The van der Waals surface area contributed by atoms with Gasteiger partial charge in [0.1, 0.15) is 24.9 Å². The summed E-state index contributed by atoms with van der Waals surface area (Å²) in [5.41, 5.74) is 0.562. The third kappa shape index (κ3) is 1.99. The zero-order valence-electron chi connectivity index (χ0n) is 10.7. The van der Waals surface area contributed by atoms with E-state index in [-0.39, 0.29) is 12.0 Å². The van der Waals surface area contributed by atoms with E-state index in [2.05, 4.69) is 9.97 Å². The lowest BCUT2D eigenvalue weighted by Crippen LogP contribution is -2.17. The molecule has 2 heterocycles. The Morgan fingerprint density at radius 2 is 1.95 bits per heavy atom. The zero-order chi connectivity index (χ0) is 13.4. The van der Waals surface area contributed by atoms with E-state index in [0.717, 1.165) is 0 Å². The summed E-state index contributed by atoms with van der Waals surface area (Å²) in [5, 5.41) is 10.3. The average Bonchev–Trinajstić information content (AvgIpc) is 2.38. The van der Waals surface area contributed by atoms with Gasteiger partial charge in [-0.15, -0.1) is 0 Å². The van der Waals surface area contributed by atoms with Crippen LogP contribution in [0, 0.1) is 0 Å². The zero-order valence-corrected chi connectivity index (χ0v) is 10.7. The number of ether oxygens (including phenoxy) is 3. The number of hydrogen-bond donors (Lipinski definition) is 1. The molecule has 0 unspecified atom stereocenters. The molecule has 1 aliphatic rings. The van der Waals surface area contributed by atoms with Crippen LogP contribution in [-0.2, 0) is 0 Å². The first kappa shape index (κ1) is 11.8. The molecule has 0 fully saturated rings. The van der Waals surface area contributed by atoms with Crippen molar-refractivity contribution in [3.8, 4) is 23.1 Å². The Hall–Kier alpha value is -2.24. The first-order valence-corrected chi connectivity index (χ1v) is 6.09. The van der Waals surface area contributed by atoms with E-state index >= 15 is 0 Å². The predicted molar refractivity (Wildman–Crippen MR) is 68.0 cm³/mol. The van der Waals surface area contributed by atoms with Crippen LogP contribution in [0.1, 0.15) is 13.8 Å². The molecule has 0 spiro atoms. The standard InChI is InChI=1S/C13H14N2O4/c1-7(2)19-9-5-8-10(13(16)15-6-14-8)12-11(9)17-3-4-18-12/h5-7H,3-4H2,1-2H3,(H,14,15,16). The number of aromatic nitrogens is 2. The van der Waals surface area contributed by atoms with Crippen LogP contribution >= 0.6 is 0 Å². The monoisotopic (exact) mass is 262 g/mol. The summed E-state index contributed by atoms with van der Waals surface area (Å²) in [6.07, 6.45) is 1.30. The molecule has 1 aliphatic heterocycles. The number of rotatable bonds is 2. The molecular weight excluding hydrogens is 248 g/mol. The van der Waals surface area contributed by atoms with Crippen molar-refractivity contribution < 1.29 is 19.3 Å². The number of aromatic hydroxyl groups is 1. The Balaban J connectivity index is 2.28. The van der Waals surface area contributed by atoms with E-state index in [1.165, 1.54) is 6.33 Å². The van der Waals surface area contributed by atoms with Crippen LogP contribution in [-0.4, -0.2) is 34.4 Å². The van der Waals surface area contributed by atoms with Gasteiger partial charge in [0, 0.05) is 6.07 Å². The van der Waals surface area contributed by atoms with Crippen LogP contribution in [0.15, 0.2) is 12.4 Å². The molecule has 19 heavy (non-hydrogen) atoms. The molecular formula is C13H14N2O4. The van der Waals surface area contributed by atoms with Gasteiger partial charge < -0.3 is 19.3 Å². The van der Waals surface area contributed by atoms with Gasteiger partial charge in [0.05, 0.1) is 11.6 Å². The van der Waals surface area contributed by atoms with E-state index in [1.807, 2.05) is 13.8 Å². The lowest BCUT2D eigenvalue weighted by Gasteiger charge is -2.23. The maximum Gasteiger partial charge on any atom is 0.225 e. The molecule has 2 aromatic rings. The van der Waals surface area contributed by atoms with E-state index in [1.54, 1.807) is 6.07 Å². The van der Waals surface area contributed by atoms with Gasteiger partial charge in [-0.2, -0.15) is 0 Å². The quantitative estimate of drug-likeness (QED) is 0.891. The van der Waals surface area contributed by atoms with Gasteiger partial charge >= 0.3 is 0 Å². The smallest absolute Gasteiger partial charge is 0.225 e. The van der Waals surface area contributed by atoms with Gasteiger partial charge in [0.25, 0.3) is 0 Å². The maximum atomic E-state index is 9.87. The van der Waals surface area contributed by atoms with Gasteiger partial charge in [0.15, 0.2) is 11.5 Å². The van der Waals surface area contributed by atoms with E-state index in [9.17, 15) is 5.11 Å². The molecule has 6 nitrogen and oxygen atoms in total. The number of benzene rings is 1. The molecule has 0 amide bonds. The molecule has 0 bridgehead atoms. The molecule has 1 aromatic heterocycles. The topological polar surface area (TPSA) is 73.7 Å². The molecule has 1 N–H and O–H groups in total. The van der Waals surface area contributed by atoms with Crippen LogP contribution in [0.3, 0.4) is 0 Å². The predicted octanol–water partition coefficient (Wildman–Crippen LogP) is 1.89. The van der Waals surface area contributed by atoms with E-state index in [4.69, 9.17) is 14.2 Å². The Bertz CT molecular complexity index is 628. The summed E-state index contributed by atoms with van der Waals surface area (Å²) in [5.74, 6) is 1.38. The van der Waals surface area contributed by atoms with E-state index < -0.39 is 0 Å². The minimum atomic E-state index is -0.122. The average molecular weight is 262 g/mol. The van der Waals surface area contributed by atoms with Gasteiger partial charge in [0.2, 0.25) is 11.6 Å². The Morgan fingerprint density at radius 3 is 2.68 bits per heavy atom. The second-order valence-corrected chi connectivity index (χ2v) is 4.49. The molecule has 0 saturated carbocycles. The van der Waals surface area contributed by atoms with Gasteiger partial charge in [-0.25, -0.2) is 9.97 Å². The minimum absolute atomic E-state index is 0.00232. The van der Waals surface area contributed by atoms with Gasteiger partial charge in [-0.05, 0) is 13.8 Å². The van der Waals surface area contributed by atoms with Crippen molar-refractivity contribution in [2.45, 2.75) is 20.0 Å². The highest BCUT2D eigenvalue weighted by molar-refractivity contribution is 5.94. The third-order valence-corrected chi connectivity index (χ3v) is 2.72. The van der Waals surface area contributed by atoms with E-state index in [0.29, 0.717) is 41.4 Å². The van der Waals surface area contributed by atoms with Crippen molar-refractivity contribution in [1.82, 2.24) is 9.97 Å². The Morgan fingerprint density at radius 1 is 1.21 bits per heavy atom. The molecule has 0 atom stereocenters. The fourth-order valence-corrected chi connectivity index (χ4v) is 2.04. The van der Waals surface area contributed by atoms with Crippen molar-refractivity contribution in [1.29, 1.82) is 0 Å². The van der Waals surface area contributed by atoms with Crippen LogP contribution in [0.5, 0.6) is 23.1 Å². The highest BCUT2D eigenvalue weighted by Crippen LogP contribution is 2.47. The minimum Gasteiger partial charge on any atom is -0.493 e. The molecule has 6 heteroatoms. The van der Waals surface area contributed by atoms with Crippen molar-refractivity contribution in [2.24, 2.45) is 0 Å². The second-order valence-electron chi connectivity index (χ2n) is 4.49. The van der Waals surface area contributed by atoms with Crippen LogP contribution in [0.25, 0.3) is 10.9 Å².